The Balaban J connectivity index is 1.84. The number of nitrogens with one attached hydrogen (secondary N) is 1. The van der Waals surface area contributed by atoms with Gasteiger partial charge in [-0.2, -0.15) is 0 Å². The Morgan fingerprint density at radius 2 is 2.44 bits per heavy atom. The van der Waals surface area contributed by atoms with E-state index in [2.05, 4.69) is 16.4 Å². The van der Waals surface area contributed by atoms with Gasteiger partial charge < -0.3 is 5.32 Å². The number of aromatic nitrogens is 2. The van der Waals surface area contributed by atoms with Crippen LogP contribution in [0, 0.1) is 0 Å². The molecule has 0 aliphatic heterocycles. The van der Waals surface area contributed by atoms with Gasteiger partial charge in [-0.3, -0.25) is 4.98 Å². The van der Waals surface area contributed by atoms with Crippen molar-refractivity contribution in [2.75, 3.05) is 7.05 Å². The highest BCUT2D eigenvalue weighted by atomic mass is 32.1. The van der Waals surface area contributed by atoms with Gasteiger partial charge in [-0.1, -0.05) is 6.07 Å². The van der Waals surface area contributed by atoms with Gasteiger partial charge in [0.15, 0.2) is 0 Å². The fourth-order valence-electron chi connectivity index (χ4n) is 2.50. The average Bonchev–Trinajstić information content (AvgIpc) is 2.82. The van der Waals surface area contributed by atoms with Crippen molar-refractivity contribution >= 4 is 11.3 Å². The molecule has 0 saturated carbocycles. The molecule has 0 radical (unpaired) electrons. The normalized spacial score (nSPS) is 18.6. The second kappa shape index (κ2) is 5.16. The fourth-order valence-corrected chi connectivity index (χ4v) is 3.79. The van der Waals surface area contributed by atoms with E-state index in [1.807, 2.05) is 36.8 Å². The topological polar surface area (TPSA) is 37.8 Å². The molecule has 4 heteroatoms. The molecule has 1 aliphatic carbocycles. The molecular formula is C14H17N3S. The number of pyridine rings is 1. The van der Waals surface area contributed by atoms with Gasteiger partial charge in [0.05, 0.1) is 10.7 Å². The highest BCUT2D eigenvalue weighted by Crippen LogP contribution is 2.34. The number of fused-ring (bicyclic) bond motifs is 1. The molecular weight excluding hydrogens is 242 g/mol. The summed E-state index contributed by atoms with van der Waals surface area (Å²) in [5.74, 6) is 0. The molecule has 0 fully saturated rings. The van der Waals surface area contributed by atoms with Crippen molar-refractivity contribution in [1.82, 2.24) is 15.3 Å². The van der Waals surface area contributed by atoms with Gasteiger partial charge in [0.1, 0.15) is 0 Å². The van der Waals surface area contributed by atoms with E-state index in [1.165, 1.54) is 34.0 Å². The third kappa shape index (κ3) is 2.31. The van der Waals surface area contributed by atoms with Crippen LogP contribution < -0.4 is 5.32 Å². The zero-order valence-electron chi connectivity index (χ0n) is 10.5. The first-order valence-electron chi connectivity index (χ1n) is 6.41. The monoisotopic (exact) mass is 259 g/mol. The van der Waals surface area contributed by atoms with E-state index >= 15 is 0 Å². The lowest BCUT2D eigenvalue weighted by Crippen LogP contribution is -2.19. The van der Waals surface area contributed by atoms with Crippen LogP contribution in [0.15, 0.2) is 24.5 Å². The van der Waals surface area contributed by atoms with Crippen LogP contribution in [0.5, 0.6) is 0 Å². The second-order valence-corrected chi connectivity index (χ2v) is 5.81. The molecule has 0 spiro atoms. The Labute approximate surface area is 111 Å². The first kappa shape index (κ1) is 11.8. The van der Waals surface area contributed by atoms with E-state index in [4.69, 9.17) is 4.98 Å². The van der Waals surface area contributed by atoms with Crippen LogP contribution in [0.4, 0.5) is 0 Å². The predicted molar refractivity (Wildman–Crippen MR) is 73.9 cm³/mol. The summed E-state index contributed by atoms with van der Waals surface area (Å²) in [6.07, 6.45) is 8.26. The SMILES string of the molecule is CNC1CCCc2nc(Cc3cccnc3)sc21. The van der Waals surface area contributed by atoms with Crippen molar-refractivity contribution < 1.29 is 0 Å². The van der Waals surface area contributed by atoms with Crippen LogP contribution in [0.25, 0.3) is 0 Å². The summed E-state index contributed by atoms with van der Waals surface area (Å²) in [5, 5.41) is 4.61. The second-order valence-electron chi connectivity index (χ2n) is 4.69. The lowest BCUT2D eigenvalue weighted by Gasteiger charge is -2.20. The summed E-state index contributed by atoms with van der Waals surface area (Å²) in [6, 6.07) is 4.61. The maximum atomic E-state index is 4.79. The molecule has 2 aromatic heterocycles. The zero-order chi connectivity index (χ0) is 12.4. The van der Waals surface area contributed by atoms with Crippen LogP contribution in [0.1, 0.15) is 40.0 Å². The molecule has 0 saturated heterocycles. The third-order valence-corrected chi connectivity index (χ3v) is 4.63. The predicted octanol–water partition coefficient (Wildman–Crippen LogP) is 2.73. The molecule has 1 unspecified atom stereocenters. The van der Waals surface area contributed by atoms with Gasteiger partial charge in [-0.25, -0.2) is 4.98 Å². The number of hydrogen-bond donors (Lipinski definition) is 1. The third-order valence-electron chi connectivity index (χ3n) is 3.42. The molecule has 2 aromatic rings. The van der Waals surface area contributed by atoms with Crippen molar-refractivity contribution in [2.24, 2.45) is 0 Å². The Bertz CT molecular complexity index is 521. The smallest absolute Gasteiger partial charge is 0.0976 e. The van der Waals surface area contributed by atoms with Crippen LogP contribution >= 0.6 is 11.3 Å². The lowest BCUT2D eigenvalue weighted by atomic mass is 9.98. The summed E-state index contributed by atoms with van der Waals surface area (Å²) >= 11 is 1.86. The largest absolute Gasteiger partial charge is 0.312 e. The van der Waals surface area contributed by atoms with E-state index in [0.29, 0.717) is 6.04 Å². The van der Waals surface area contributed by atoms with Gasteiger partial charge in [-0.05, 0) is 37.9 Å². The summed E-state index contributed by atoms with van der Waals surface area (Å²) in [4.78, 5) is 10.4. The maximum absolute atomic E-state index is 4.79. The van der Waals surface area contributed by atoms with Crippen LogP contribution in [0.3, 0.4) is 0 Å². The molecule has 3 rings (SSSR count). The van der Waals surface area contributed by atoms with E-state index in [1.54, 1.807) is 0 Å². The molecule has 0 bridgehead atoms. The van der Waals surface area contributed by atoms with Gasteiger partial charge in [0.25, 0.3) is 0 Å². The maximum Gasteiger partial charge on any atom is 0.0976 e. The highest BCUT2D eigenvalue weighted by Gasteiger charge is 2.23. The van der Waals surface area contributed by atoms with Gasteiger partial charge in [0, 0.05) is 29.7 Å². The molecule has 94 valence electrons. The molecule has 1 aliphatic rings. The van der Waals surface area contributed by atoms with E-state index < -0.39 is 0 Å². The minimum absolute atomic E-state index is 0.508. The van der Waals surface area contributed by atoms with Gasteiger partial charge >= 0.3 is 0 Å². The number of hydrogen-bond acceptors (Lipinski definition) is 4. The molecule has 1 atom stereocenters. The lowest BCUT2D eigenvalue weighted by molar-refractivity contribution is 0.501. The fraction of sp³-hybridized carbons (Fsp3) is 0.429. The van der Waals surface area contributed by atoms with Crippen molar-refractivity contribution in [1.29, 1.82) is 0 Å². The van der Waals surface area contributed by atoms with Gasteiger partial charge in [-0.15, -0.1) is 11.3 Å². The molecule has 2 heterocycles. The average molecular weight is 259 g/mol. The van der Waals surface area contributed by atoms with Crippen molar-refractivity contribution in [3.8, 4) is 0 Å². The van der Waals surface area contributed by atoms with Crippen LogP contribution in [-0.4, -0.2) is 17.0 Å². The Kier molecular flexibility index (Phi) is 3.39. The number of rotatable bonds is 3. The first-order valence-corrected chi connectivity index (χ1v) is 7.23. The summed E-state index contributed by atoms with van der Waals surface area (Å²) < 4.78 is 0. The Morgan fingerprint density at radius 3 is 3.22 bits per heavy atom. The molecule has 18 heavy (non-hydrogen) atoms. The molecule has 1 N–H and O–H groups in total. The van der Waals surface area contributed by atoms with E-state index in [9.17, 15) is 0 Å². The molecule has 0 aromatic carbocycles. The number of aryl methyl sites for hydroxylation is 1. The van der Waals surface area contributed by atoms with Crippen molar-refractivity contribution in [2.45, 2.75) is 31.7 Å². The minimum atomic E-state index is 0.508. The summed E-state index contributed by atoms with van der Waals surface area (Å²) in [5.41, 5.74) is 2.55. The van der Waals surface area contributed by atoms with E-state index in [0.717, 1.165) is 12.8 Å². The van der Waals surface area contributed by atoms with Gasteiger partial charge in [0.2, 0.25) is 0 Å². The van der Waals surface area contributed by atoms with Crippen molar-refractivity contribution in [3.63, 3.8) is 0 Å². The molecule has 3 nitrogen and oxygen atoms in total. The zero-order valence-corrected chi connectivity index (χ0v) is 11.3. The minimum Gasteiger partial charge on any atom is -0.312 e. The quantitative estimate of drug-likeness (QED) is 0.921. The number of nitrogens with zero attached hydrogens (tertiary/aromatic N) is 2. The molecule has 0 amide bonds. The standard InChI is InChI=1S/C14H17N3S/c1-15-11-5-2-6-12-14(11)18-13(17-12)8-10-4-3-7-16-9-10/h3-4,7,9,11,15H,2,5-6,8H2,1H3. The van der Waals surface area contributed by atoms with Crippen LogP contribution in [-0.2, 0) is 12.8 Å². The summed E-state index contributed by atoms with van der Waals surface area (Å²) in [6.45, 7) is 0. The first-order chi connectivity index (χ1) is 8.86. The van der Waals surface area contributed by atoms with E-state index in [-0.39, 0.29) is 0 Å². The summed E-state index contributed by atoms with van der Waals surface area (Å²) in [7, 11) is 2.04. The Morgan fingerprint density at radius 1 is 1.50 bits per heavy atom. The van der Waals surface area contributed by atoms with Crippen LogP contribution in [0.2, 0.25) is 0 Å². The van der Waals surface area contributed by atoms with Crippen molar-refractivity contribution in [3.05, 3.63) is 45.7 Å². The highest BCUT2D eigenvalue weighted by molar-refractivity contribution is 7.11. The number of thiazole rings is 1. The Hall–Kier alpha value is -1.26.